The molecule has 1 aliphatic carbocycles. The lowest BCUT2D eigenvalue weighted by Crippen LogP contribution is -2.47. The highest BCUT2D eigenvalue weighted by Crippen LogP contribution is 2.40. The van der Waals surface area contributed by atoms with Crippen LogP contribution in [0, 0.1) is 10.8 Å². The normalized spacial score (nSPS) is 19.1. The van der Waals surface area contributed by atoms with E-state index in [1.54, 1.807) is 13.8 Å². The number of hydrogen-bond acceptors (Lipinski definition) is 2. The Bertz CT molecular complexity index is 280. The smallest absolute Gasteiger partial charge is 0.310 e. The van der Waals surface area contributed by atoms with Gasteiger partial charge in [0.15, 0.2) is 0 Å². The molecule has 86 valence electrons. The van der Waals surface area contributed by atoms with Crippen molar-refractivity contribution in [3.05, 3.63) is 0 Å². The van der Waals surface area contributed by atoms with Gasteiger partial charge in [-0.2, -0.15) is 0 Å². The van der Waals surface area contributed by atoms with Crippen molar-refractivity contribution in [3.63, 3.8) is 0 Å². The zero-order valence-electron chi connectivity index (χ0n) is 9.59. The molecule has 0 atom stereocenters. The molecule has 0 spiro atoms. The number of aliphatic carboxylic acids is 1. The van der Waals surface area contributed by atoms with E-state index in [4.69, 9.17) is 5.11 Å². The molecule has 0 aromatic rings. The van der Waals surface area contributed by atoms with E-state index in [-0.39, 0.29) is 17.9 Å². The molecule has 0 saturated heterocycles. The zero-order chi connectivity index (χ0) is 11.7. The molecular weight excluding hydrogens is 194 g/mol. The van der Waals surface area contributed by atoms with Gasteiger partial charge in [-0.05, 0) is 26.7 Å². The van der Waals surface area contributed by atoms with Crippen molar-refractivity contribution in [2.75, 3.05) is 6.54 Å². The summed E-state index contributed by atoms with van der Waals surface area (Å²) in [5.74, 6) is -0.898. The first kappa shape index (κ1) is 12.0. The maximum Gasteiger partial charge on any atom is 0.310 e. The first-order valence-corrected chi connectivity index (χ1v) is 5.30. The summed E-state index contributed by atoms with van der Waals surface area (Å²) in [5.41, 5.74) is -1.15. The van der Waals surface area contributed by atoms with Gasteiger partial charge in [0.2, 0.25) is 5.91 Å². The highest BCUT2D eigenvalue weighted by Gasteiger charge is 2.40. The molecule has 15 heavy (non-hydrogen) atoms. The van der Waals surface area contributed by atoms with Gasteiger partial charge in [-0.1, -0.05) is 13.3 Å². The van der Waals surface area contributed by atoms with Gasteiger partial charge in [0, 0.05) is 12.0 Å². The topological polar surface area (TPSA) is 66.4 Å². The standard InChI is InChI=1S/C11H19NO3/c1-10(2,9(14)15)7-12-8(13)11(3)5-4-6-11/h4-7H2,1-3H3,(H,12,13)(H,14,15). The second-order valence-electron chi connectivity index (χ2n) is 5.29. The van der Waals surface area contributed by atoms with Crippen molar-refractivity contribution < 1.29 is 14.7 Å². The van der Waals surface area contributed by atoms with Crippen LogP contribution in [-0.4, -0.2) is 23.5 Å². The molecule has 4 heteroatoms. The first-order valence-electron chi connectivity index (χ1n) is 5.30. The summed E-state index contributed by atoms with van der Waals surface area (Å²) in [6.45, 7) is 5.34. The molecule has 0 heterocycles. The predicted molar refractivity (Wildman–Crippen MR) is 56.4 cm³/mol. The van der Waals surface area contributed by atoms with Crippen molar-refractivity contribution >= 4 is 11.9 Å². The van der Waals surface area contributed by atoms with E-state index >= 15 is 0 Å². The Morgan fingerprint density at radius 3 is 2.27 bits per heavy atom. The van der Waals surface area contributed by atoms with Crippen molar-refractivity contribution in [2.45, 2.75) is 40.0 Å². The van der Waals surface area contributed by atoms with Gasteiger partial charge in [-0.3, -0.25) is 9.59 Å². The summed E-state index contributed by atoms with van der Waals surface area (Å²) in [5, 5.41) is 11.6. The second-order valence-corrected chi connectivity index (χ2v) is 5.29. The number of carbonyl (C=O) groups is 2. The minimum atomic E-state index is -0.893. The summed E-state index contributed by atoms with van der Waals surface area (Å²) < 4.78 is 0. The molecule has 0 aromatic carbocycles. The van der Waals surface area contributed by atoms with Gasteiger partial charge in [0.1, 0.15) is 0 Å². The van der Waals surface area contributed by atoms with E-state index in [2.05, 4.69) is 5.32 Å². The van der Waals surface area contributed by atoms with Gasteiger partial charge >= 0.3 is 5.97 Å². The molecule has 1 saturated carbocycles. The third-order valence-electron chi connectivity index (χ3n) is 3.28. The summed E-state index contributed by atoms with van der Waals surface area (Å²) in [7, 11) is 0. The zero-order valence-corrected chi connectivity index (χ0v) is 9.59. The average Bonchev–Trinajstić information content (AvgIpc) is 2.10. The fourth-order valence-corrected chi connectivity index (χ4v) is 1.52. The molecule has 4 nitrogen and oxygen atoms in total. The highest BCUT2D eigenvalue weighted by molar-refractivity contribution is 5.84. The highest BCUT2D eigenvalue weighted by atomic mass is 16.4. The van der Waals surface area contributed by atoms with E-state index in [1.165, 1.54) is 0 Å². The van der Waals surface area contributed by atoms with Crippen molar-refractivity contribution in [1.29, 1.82) is 0 Å². The number of rotatable bonds is 4. The molecule has 0 radical (unpaired) electrons. The molecule has 0 unspecified atom stereocenters. The van der Waals surface area contributed by atoms with Crippen LogP contribution < -0.4 is 5.32 Å². The largest absolute Gasteiger partial charge is 0.481 e. The monoisotopic (exact) mass is 213 g/mol. The molecule has 1 aliphatic rings. The van der Waals surface area contributed by atoms with Crippen LogP contribution in [0.2, 0.25) is 0 Å². The van der Waals surface area contributed by atoms with Crippen LogP contribution in [0.4, 0.5) is 0 Å². The van der Waals surface area contributed by atoms with Crippen LogP contribution in [0.1, 0.15) is 40.0 Å². The SMILES string of the molecule is CC(C)(CNC(=O)C1(C)CCC1)C(=O)O. The number of carboxylic acid groups (broad SMARTS) is 1. The van der Waals surface area contributed by atoms with Crippen LogP contribution in [0.25, 0.3) is 0 Å². The minimum Gasteiger partial charge on any atom is -0.481 e. The first-order chi connectivity index (χ1) is 6.78. The van der Waals surface area contributed by atoms with Crippen LogP contribution in [0.5, 0.6) is 0 Å². The van der Waals surface area contributed by atoms with Gasteiger partial charge in [-0.25, -0.2) is 0 Å². The van der Waals surface area contributed by atoms with Gasteiger partial charge in [0.25, 0.3) is 0 Å². The number of amides is 1. The van der Waals surface area contributed by atoms with Gasteiger partial charge in [-0.15, -0.1) is 0 Å². The maximum atomic E-state index is 11.7. The van der Waals surface area contributed by atoms with Crippen molar-refractivity contribution in [2.24, 2.45) is 10.8 Å². The minimum absolute atomic E-state index is 0.0110. The van der Waals surface area contributed by atoms with Gasteiger partial charge in [0.05, 0.1) is 5.41 Å². The van der Waals surface area contributed by atoms with E-state index in [9.17, 15) is 9.59 Å². The average molecular weight is 213 g/mol. The Hall–Kier alpha value is -1.06. The van der Waals surface area contributed by atoms with E-state index in [0.29, 0.717) is 0 Å². The van der Waals surface area contributed by atoms with Crippen molar-refractivity contribution in [1.82, 2.24) is 5.32 Å². The predicted octanol–water partition coefficient (Wildman–Crippen LogP) is 1.40. The maximum absolute atomic E-state index is 11.7. The Labute approximate surface area is 90.0 Å². The molecule has 0 bridgehead atoms. The Morgan fingerprint density at radius 1 is 1.40 bits per heavy atom. The molecule has 0 aromatic heterocycles. The van der Waals surface area contributed by atoms with E-state index in [1.807, 2.05) is 6.92 Å². The summed E-state index contributed by atoms with van der Waals surface area (Å²) >= 11 is 0. The van der Waals surface area contributed by atoms with Crippen molar-refractivity contribution in [3.8, 4) is 0 Å². The third-order valence-corrected chi connectivity index (χ3v) is 3.28. The molecule has 1 amide bonds. The van der Waals surface area contributed by atoms with Crippen LogP contribution in [-0.2, 0) is 9.59 Å². The molecule has 0 aliphatic heterocycles. The fraction of sp³-hybridized carbons (Fsp3) is 0.818. The van der Waals surface area contributed by atoms with Crippen LogP contribution in [0.3, 0.4) is 0 Å². The van der Waals surface area contributed by atoms with Crippen LogP contribution >= 0.6 is 0 Å². The lowest BCUT2D eigenvalue weighted by Gasteiger charge is -2.37. The Morgan fingerprint density at radius 2 is 1.93 bits per heavy atom. The quantitative estimate of drug-likeness (QED) is 0.742. The third kappa shape index (κ3) is 2.49. The molecule has 1 fully saturated rings. The lowest BCUT2D eigenvalue weighted by atomic mass is 9.69. The summed E-state index contributed by atoms with van der Waals surface area (Å²) in [4.78, 5) is 22.5. The van der Waals surface area contributed by atoms with E-state index < -0.39 is 11.4 Å². The Balaban J connectivity index is 2.43. The fourth-order valence-electron chi connectivity index (χ4n) is 1.52. The summed E-state index contributed by atoms with van der Waals surface area (Å²) in [6, 6.07) is 0. The van der Waals surface area contributed by atoms with Crippen LogP contribution in [0.15, 0.2) is 0 Å². The molecule has 1 rings (SSSR count). The summed E-state index contributed by atoms with van der Waals surface area (Å²) in [6.07, 6.45) is 2.91. The number of nitrogens with one attached hydrogen (secondary N) is 1. The van der Waals surface area contributed by atoms with Gasteiger partial charge < -0.3 is 10.4 Å². The number of carboxylic acids is 1. The van der Waals surface area contributed by atoms with E-state index in [0.717, 1.165) is 19.3 Å². The molecular formula is C11H19NO3. The Kier molecular flexibility index (Phi) is 3.07. The number of carbonyl (C=O) groups excluding carboxylic acids is 1. The second kappa shape index (κ2) is 3.83. The molecule has 2 N–H and O–H groups in total. The number of hydrogen-bond donors (Lipinski definition) is 2. The lowest BCUT2D eigenvalue weighted by molar-refractivity contribution is -0.147.